The van der Waals surface area contributed by atoms with Crippen LogP contribution in [0, 0.1) is 11.6 Å². The highest BCUT2D eigenvalue weighted by Crippen LogP contribution is 2.34. The zero-order valence-corrected chi connectivity index (χ0v) is 23.2. The number of rotatable bonds is 10. The summed E-state index contributed by atoms with van der Waals surface area (Å²) in [5.74, 6) is -2.53. The summed E-state index contributed by atoms with van der Waals surface area (Å²) < 4.78 is 27.9. The maximum Gasteiger partial charge on any atom is 0.264 e. The van der Waals surface area contributed by atoms with E-state index in [0.29, 0.717) is 23.2 Å². The Morgan fingerprint density at radius 1 is 1.05 bits per heavy atom. The van der Waals surface area contributed by atoms with Crippen LogP contribution in [-0.2, 0) is 17.9 Å². The molecular weight excluding hydrogens is 540 g/mol. The molecule has 1 amide bonds. The molecule has 5 rings (SSSR count). The minimum atomic E-state index is -1.01. The van der Waals surface area contributed by atoms with E-state index >= 15 is 0 Å². The summed E-state index contributed by atoms with van der Waals surface area (Å²) in [6.45, 7) is 0.752. The van der Waals surface area contributed by atoms with Crippen molar-refractivity contribution in [3.05, 3.63) is 123 Å². The number of amides is 1. The van der Waals surface area contributed by atoms with Gasteiger partial charge in [-0.2, -0.15) is 0 Å². The first-order valence-electron chi connectivity index (χ1n) is 13.4. The molecule has 2 aromatic carbocycles. The van der Waals surface area contributed by atoms with Gasteiger partial charge in [-0.15, -0.1) is 0 Å². The zero-order valence-electron chi connectivity index (χ0n) is 23.2. The topological polar surface area (TPSA) is 100 Å². The molecule has 214 valence electrons. The third-order valence-electron chi connectivity index (χ3n) is 6.78. The Morgan fingerprint density at radius 2 is 1.88 bits per heavy atom. The number of H-pyrrole nitrogens is 1. The normalized spacial score (nSPS) is 13.7. The molecule has 2 aromatic heterocycles. The van der Waals surface area contributed by atoms with Crippen LogP contribution in [-0.4, -0.2) is 45.2 Å². The predicted molar refractivity (Wildman–Crippen MR) is 158 cm³/mol. The third-order valence-corrected chi connectivity index (χ3v) is 6.78. The number of ketones is 1. The van der Waals surface area contributed by atoms with Gasteiger partial charge in [0.15, 0.2) is 17.4 Å². The molecule has 0 atom stereocenters. The van der Waals surface area contributed by atoms with Crippen molar-refractivity contribution in [3.63, 3.8) is 0 Å². The Balaban J connectivity index is 1.21. The number of aromatic nitrogens is 3. The van der Waals surface area contributed by atoms with Crippen molar-refractivity contribution < 1.29 is 18.4 Å². The third kappa shape index (κ3) is 6.50. The van der Waals surface area contributed by atoms with Crippen molar-refractivity contribution in [3.8, 4) is 0 Å². The van der Waals surface area contributed by atoms with E-state index in [1.54, 1.807) is 0 Å². The van der Waals surface area contributed by atoms with E-state index in [4.69, 9.17) is 0 Å². The van der Waals surface area contributed by atoms with Gasteiger partial charge < -0.3 is 15.2 Å². The number of aromatic amines is 1. The number of allylic oxidation sites excluding steroid dienone is 1. The van der Waals surface area contributed by atoms with Crippen molar-refractivity contribution in [2.45, 2.75) is 25.9 Å². The van der Waals surface area contributed by atoms with Gasteiger partial charge in [-0.3, -0.25) is 19.0 Å². The lowest BCUT2D eigenvalue weighted by Crippen LogP contribution is -2.27. The molecule has 8 nitrogen and oxygen atoms in total. The molecule has 3 heterocycles. The number of hydrogen-bond donors (Lipinski definition) is 2. The van der Waals surface area contributed by atoms with Crippen LogP contribution in [0.25, 0.3) is 17.7 Å². The van der Waals surface area contributed by atoms with Crippen molar-refractivity contribution in [2.24, 2.45) is 0 Å². The van der Waals surface area contributed by atoms with Crippen LogP contribution in [0.3, 0.4) is 0 Å². The number of carbonyl (C=O) groups is 2. The molecule has 0 bridgehead atoms. The fraction of sp³-hybridized carbons (Fsp3) is 0.188. The van der Waals surface area contributed by atoms with Gasteiger partial charge in [0, 0.05) is 42.3 Å². The fourth-order valence-corrected chi connectivity index (χ4v) is 4.77. The lowest BCUT2D eigenvalue weighted by Gasteiger charge is -2.07. The Labute approximate surface area is 241 Å². The molecule has 2 N–H and O–H groups in total. The molecule has 0 unspecified atom stereocenters. The smallest absolute Gasteiger partial charge is 0.264 e. The molecule has 42 heavy (non-hydrogen) atoms. The minimum Gasteiger partial charge on any atom is -0.361 e. The first-order chi connectivity index (χ1) is 20.2. The highest BCUT2D eigenvalue weighted by atomic mass is 19.2. The van der Waals surface area contributed by atoms with Gasteiger partial charge in [0.2, 0.25) is 0 Å². The van der Waals surface area contributed by atoms with Gasteiger partial charge in [-0.1, -0.05) is 30.4 Å². The Kier molecular flexibility index (Phi) is 8.35. The second-order valence-corrected chi connectivity index (χ2v) is 10.4. The predicted octanol–water partition coefficient (Wildman–Crippen LogP) is 5.13. The van der Waals surface area contributed by atoms with E-state index < -0.39 is 17.2 Å². The average Bonchev–Trinajstić information content (AvgIpc) is 3.52. The van der Waals surface area contributed by atoms with E-state index in [9.17, 15) is 23.2 Å². The highest BCUT2D eigenvalue weighted by Gasteiger charge is 2.24. The second-order valence-electron chi connectivity index (χ2n) is 10.4. The average molecular weight is 570 g/mol. The summed E-state index contributed by atoms with van der Waals surface area (Å²) >= 11 is 0. The number of anilines is 1. The summed E-state index contributed by atoms with van der Waals surface area (Å²) in [7, 11) is 3.99. The number of carbonyl (C=O) groups excluding carboxylic acids is 2. The van der Waals surface area contributed by atoms with Gasteiger partial charge in [0.05, 0.1) is 18.4 Å². The summed E-state index contributed by atoms with van der Waals surface area (Å²) in [5, 5.41) is 2.91. The molecule has 0 fully saturated rings. The molecule has 0 aliphatic carbocycles. The van der Waals surface area contributed by atoms with Gasteiger partial charge in [-0.05, 0) is 67.5 Å². The van der Waals surface area contributed by atoms with Crippen LogP contribution < -0.4 is 10.9 Å². The number of benzene rings is 2. The summed E-state index contributed by atoms with van der Waals surface area (Å²) in [6.07, 6.45) is 10.4. The Morgan fingerprint density at radius 3 is 2.67 bits per heavy atom. The van der Waals surface area contributed by atoms with Crippen molar-refractivity contribution >= 4 is 35.1 Å². The van der Waals surface area contributed by atoms with Crippen LogP contribution in [0.15, 0.2) is 72.1 Å². The van der Waals surface area contributed by atoms with E-state index in [-0.39, 0.29) is 30.2 Å². The summed E-state index contributed by atoms with van der Waals surface area (Å²) in [5.41, 5.74) is 4.69. The van der Waals surface area contributed by atoms with Crippen molar-refractivity contribution in [1.29, 1.82) is 0 Å². The first kappa shape index (κ1) is 28.6. The number of nitrogens with one attached hydrogen (secondary N) is 2. The van der Waals surface area contributed by atoms with Gasteiger partial charge in [-0.25, -0.2) is 13.8 Å². The van der Waals surface area contributed by atoms with Gasteiger partial charge in [0.1, 0.15) is 5.56 Å². The second kappa shape index (κ2) is 12.3. The molecule has 0 radical (unpaired) electrons. The first-order valence-corrected chi connectivity index (χ1v) is 13.4. The monoisotopic (exact) mass is 569 g/mol. The maximum atomic E-state index is 13.5. The van der Waals surface area contributed by atoms with Crippen LogP contribution >= 0.6 is 0 Å². The number of fused-ring (bicyclic) bond motifs is 1. The maximum absolute atomic E-state index is 13.5. The quantitative estimate of drug-likeness (QED) is 0.204. The van der Waals surface area contributed by atoms with Crippen molar-refractivity contribution in [1.82, 2.24) is 19.4 Å². The molecule has 10 heteroatoms. The molecule has 0 spiro atoms. The number of halogens is 2. The Hall–Kier alpha value is -4.96. The lowest BCUT2D eigenvalue weighted by molar-refractivity contribution is -0.110. The molecule has 0 saturated carbocycles. The van der Waals surface area contributed by atoms with Crippen LogP contribution in [0.1, 0.15) is 51.1 Å². The van der Waals surface area contributed by atoms with E-state index in [0.717, 1.165) is 41.1 Å². The summed E-state index contributed by atoms with van der Waals surface area (Å²) in [4.78, 5) is 47.5. The van der Waals surface area contributed by atoms with E-state index in [1.165, 1.54) is 23.2 Å². The van der Waals surface area contributed by atoms with E-state index in [1.807, 2.05) is 62.8 Å². The Bertz CT molecular complexity index is 1780. The lowest BCUT2D eigenvalue weighted by atomic mass is 10.0. The fourth-order valence-electron chi connectivity index (χ4n) is 4.77. The minimum absolute atomic E-state index is 0.0433. The van der Waals surface area contributed by atoms with Gasteiger partial charge in [0.25, 0.3) is 11.5 Å². The standard InChI is InChI=1S/C32H29F2N5O3/c1-38(2)17-22-11-23(36-15-22)14-25-24-9-7-20(13-29(24)37-31(25)41)5-3-4-6-30(40)26-16-35-19-39(32(26)42)18-21-8-10-27(33)28(34)12-21/h3,5,7-16,19,36H,4,6,17-18H2,1-2H3,(H,37,41)/b5-3+,25-14-. The van der Waals surface area contributed by atoms with Crippen molar-refractivity contribution in [2.75, 3.05) is 19.4 Å². The number of hydrogen-bond acceptors (Lipinski definition) is 5. The van der Waals surface area contributed by atoms with Crippen LogP contribution in [0.2, 0.25) is 0 Å². The molecule has 1 aliphatic heterocycles. The van der Waals surface area contributed by atoms with Gasteiger partial charge >= 0.3 is 0 Å². The number of nitrogens with zero attached hydrogens (tertiary/aromatic N) is 3. The molecule has 0 saturated heterocycles. The largest absolute Gasteiger partial charge is 0.361 e. The molecule has 1 aliphatic rings. The zero-order chi connectivity index (χ0) is 29.8. The SMILES string of the molecule is CN(C)Cc1c[nH]c(/C=C2\C(=O)Nc3cc(/C=C/CCC(=O)c4cncn(Cc5ccc(F)c(F)c5)c4=O)ccc32)c1. The molecule has 4 aromatic rings. The highest BCUT2D eigenvalue weighted by molar-refractivity contribution is 6.34. The number of Topliss-reactive ketones (excluding diaryl/α,β-unsaturated/α-hetero) is 1. The summed E-state index contributed by atoms with van der Waals surface area (Å²) in [6, 6.07) is 11.0. The van der Waals surface area contributed by atoms with Crippen LogP contribution in [0.5, 0.6) is 0 Å². The van der Waals surface area contributed by atoms with Crippen LogP contribution in [0.4, 0.5) is 14.5 Å². The molecular formula is C32H29F2N5O3. The van der Waals surface area contributed by atoms with E-state index in [2.05, 4.69) is 20.2 Å².